The van der Waals surface area contributed by atoms with Gasteiger partial charge in [0.15, 0.2) is 0 Å². The Morgan fingerprint density at radius 2 is 2.36 bits per heavy atom. The van der Waals surface area contributed by atoms with E-state index in [-0.39, 0.29) is 0 Å². The van der Waals surface area contributed by atoms with Gasteiger partial charge >= 0.3 is 0 Å². The van der Waals surface area contributed by atoms with Gasteiger partial charge in [0, 0.05) is 18.4 Å². The molecule has 0 aliphatic heterocycles. The number of rotatable bonds is 3. The van der Waals surface area contributed by atoms with E-state index in [9.17, 15) is 0 Å². The number of nitrogens with one attached hydrogen (secondary N) is 1. The maximum atomic E-state index is 4.19. The molecular weight excluding hydrogens is 138 g/mol. The van der Waals surface area contributed by atoms with E-state index >= 15 is 0 Å². The summed E-state index contributed by atoms with van der Waals surface area (Å²) in [5, 5.41) is 3.11. The fraction of sp³-hybridized carbons (Fsp3) is 0.500. The van der Waals surface area contributed by atoms with Crippen LogP contribution in [0.15, 0.2) is 12.3 Å². The Morgan fingerprint density at radius 1 is 1.55 bits per heavy atom. The van der Waals surface area contributed by atoms with Gasteiger partial charge in [-0.25, -0.2) is 9.97 Å². The fourth-order valence-electron chi connectivity index (χ4n) is 0.771. The molecule has 60 valence electrons. The summed E-state index contributed by atoms with van der Waals surface area (Å²) in [4.78, 5) is 8.24. The predicted octanol–water partition coefficient (Wildman–Crippen LogP) is 1.61. The summed E-state index contributed by atoms with van der Waals surface area (Å²) >= 11 is 0. The minimum absolute atomic E-state index is 0.729. The van der Waals surface area contributed by atoms with Crippen LogP contribution in [0.2, 0.25) is 0 Å². The smallest absolute Gasteiger partial charge is 0.222 e. The van der Waals surface area contributed by atoms with Gasteiger partial charge in [-0.1, -0.05) is 6.92 Å². The fourth-order valence-corrected chi connectivity index (χ4v) is 0.771. The lowest BCUT2D eigenvalue weighted by Crippen LogP contribution is -2.04. The molecule has 0 radical (unpaired) electrons. The SMILES string of the molecule is CCCNc1nccc(C)n1. The highest BCUT2D eigenvalue weighted by atomic mass is 15.1. The quantitative estimate of drug-likeness (QED) is 0.713. The summed E-state index contributed by atoms with van der Waals surface area (Å²) in [5.41, 5.74) is 0.999. The zero-order chi connectivity index (χ0) is 8.10. The lowest BCUT2D eigenvalue weighted by molar-refractivity contribution is 0.946. The largest absolute Gasteiger partial charge is 0.354 e. The van der Waals surface area contributed by atoms with Crippen LogP contribution in [0.3, 0.4) is 0 Å². The van der Waals surface area contributed by atoms with Crippen LogP contribution in [0.1, 0.15) is 19.0 Å². The van der Waals surface area contributed by atoms with E-state index in [2.05, 4.69) is 22.2 Å². The average Bonchev–Trinajstić information content (AvgIpc) is 2.01. The van der Waals surface area contributed by atoms with Crippen LogP contribution in [0.5, 0.6) is 0 Å². The molecule has 0 aliphatic rings. The Labute approximate surface area is 66.9 Å². The molecule has 1 aromatic rings. The third-order valence-electron chi connectivity index (χ3n) is 1.33. The molecule has 11 heavy (non-hydrogen) atoms. The molecule has 1 N–H and O–H groups in total. The van der Waals surface area contributed by atoms with Crippen LogP contribution in [0, 0.1) is 6.92 Å². The van der Waals surface area contributed by atoms with Crippen molar-refractivity contribution in [2.45, 2.75) is 20.3 Å². The van der Waals surface area contributed by atoms with Crippen molar-refractivity contribution in [3.8, 4) is 0 Å². The Kier molecular flexibility index (Phi) is 2.83. The van der Waals surface area contributed by atoms with Crippen LogP contribution in [0.4, 0.5) is 5.95 Å². The molecule has 1 heterocycles. The minimum Gasteiger partial charge on any atom is -0.354 e. The Bertz CT molecular complexity index is 222. The molecule has 0 spiro atoms. The second kappa shape index (κ2) is 3.91. The van der Waals surface area contributed by atoms with E-state index in [1.807, 2.05) is 13.0 Å². The van der Waals surface area contributed by atoms with E-state index in [0.717, 1.165) is 24.6 Å². The van der Waals surface area contributed by atoms with Crippen molar-refractivity contribution in [1.29, 1.82) is 0 Å². The van der Waals surface area contributed by atoms with Gasteiger partial charge < -0.3 is 5.32 Å². The zero-order valence-electron chi connectivity index (χ0n) is 6.96. The summed E-state index contributed by atoms with van der Waals surface area (Å²) < 4.78 is 0. The van der Waals surface area contributed by atoms with Crippen molar-refractivity contribution in [2.75, 3.05) is 11.9 Å². The third kappa shape index (κ3) is 2.53. The maximum absolute atomic E-state index is 4.19. The van der Waals surface area contributed by atoms with Crippen LogP contribution in [-0.2, 0) is 0 Å². The molecule has 0 aliphatic carbocycles. The number of hydrogen-bond acceptors (Lipinski definition) is 3. The lowest BCUT2D eigenvalue weighted by atomic mass is 10.4. The number of nitrogens with zero attached hydrogens (tertiary/aromatic N) is 2. The molecule has 3 nitrogen and oxygen atoms in total. The molecule has 0 bridgehead atoms. The summed E-state index contributed by atoms with van der Waals surface area (Å²) in [6, 6.07) is 1.89. The Balaban J connectivity index is 2.56. The van der Waals surface area contributed by atoms with Gasteiger partial charge in [0.05, 0.1) is 0 Å². The summed E-state index contributed by atoms with van der Waals surface area (Å²) in [6.45, 7) is 5.01. The van der Waals surface area contributed by atoms with Gasteiger partial charge in [-0.05, 0) is 19.4 Å². The van der Waals surface area contributed by atoms with Crippen molar-refractivity contribution >= 4 is 5.95 Å². The van der Waals surface area contributed by atoms with Gasteiger partial charge in [-0.2, -0.15) is 0 Å². The second-order valence-corrected chi connectivity index (χ2v) is 2.45. The first kappa shape index (κ1) is 7.98. The van der Waals surface area contributed by atoms with E-state index in [1.54, 1.807) is 6.20 Å². The molecular formula is C8H13N3. The molecule has 0 saturated heterocycles. The highest BCUT2D eigenvalue weighted by Crippen LogP contribution is 1.97. The first-order chi connectivity index (χ1) is 5.33. The predicted molar refractivity (Wildman–Crippen MR) is 45.5 cm³/mol. The van der Waals surface area contributed by atoms with Gasteiger partial charge in [-0.3, -0.25) is 0 Å². The van der Waals surface area contributed by atoms with E-state index in [1.165, 1.54) is 0 Å². The number of aryl methyl sites for hydroxylation is 1. The van der Waals surface area contributed by atoms with Crippen LogP contribution < -0.4 is 5.32 Å². The molecule has 0 unspecified atom stereocenters. The molecule has 0 saturated carbocycles. The maximum Gasteiger partial charge on any atom is 0.222 e. The normalized spacial score (nSPS) is 9.64. The zero-order valence-corrected chi connectivity index (χ0v) is 6.96. The molecule has 0 amide bonds. The standard InChI is InChI=1S/C8H13N3/c1-3-5-9-8-10-6-4-7(2)11-8/h4,6H,3,5H2,1-2H3,(H,9,10,11). The molecule has 0 atom stereocenters. The minimum atomic E-state index is 0.729. The van der Waals surface area contributed by atoms with Crippen molar-refractivity contribution in [2.24, 2.45) is 0 Å². The first-order valence-corrected chi connectivity index (χ1v) is 3.86. The van der Waals surface area contributed by atoms with E-state index < -0.39 is 0 Å². The van der Waals surface area contributed by atoms with Crippen molar-refractivity contribution in [3.63, 3.8) is 0 Å². The van der Waals surface area contributed by atoms with Gasteiger partial charge in [-0.15, -0.1) is 0 Å². The molecule has 1 aromatic heterocycles. The summed E-state index contributed by atoms with van der Waals surface area (Å²) in [6.07, 6.45) is 2.86. The van der Waals surface area contributed by atoms with Crippen molar-refractivity contribution < 1.29 is 0 Å². The van der Waals surface area contributed by atoms with Gasteiger partial charge in [0.25, 0.3) is 0 Å². The monoisotopic (exact) mass is 151 g/mol. The molecule has 1 rings (SSSR count). The lowest BCUT2D eigenvalue weighted by Gasteiger charge is -2.01. The number of aromatic nitrogens is 2. The number of hydrogen-bond donors (Lipinski definition) is 1. The highest BCUT2D eigenvalue weighted by Gasteiger charge is 1.91. The van der Waals surface area contributed by atoms with E-state index in [4.69, 9.17) is 0 Å². The summed E-state index contributed by atoms with van der Waals surface area (Å²) in [7, 11) is 0. The van der Waals surface area contributed by atoms with Crippen molar-refractivity contribution in [3.05, 3.63) is 18.0 Å². The van der Waals surface area contributed by atoms with Crippen LogP contribution >= 0.6 is 0 Å². The van der Waals surface area contributed by atoms with Gasteiger partial charge in [0.1, 0.15) is 0 Å². The Hall–Kier alpha value is -1.12. The molecule has 3 heteroatoms. The second-order valence-electron chi connectivity index (χ2n) is 2.45. The first-order valence-electron chi connectivity index (χ1n) is 3.86. The molecule has 0 fully saturated rings. The Morgan fingerprint density at radius 3 is 3.00 bits per heavy atom. The van der Waals surface area contributed by atoms with Gasteiger partial charge in [0.2, 0.25) is 5.95 Å². The topological polar surface area (TPSA) is 37.8 Å². The van der Waals surface area contributed by atoms with Crippen molar-refractivity contribution in [1.82, 2.24) is 9.97 Å². The third-order valence-corrected chi connectivity index (χ3v) is 1.33. The van der Waals surface area contributed by atoms with E-state index in [0.29, 0.717) is 0 Å². The number of anilines is 1. The average molecular weight is 151 g/mol. The molecule has 0 aromatic carbocycles. The highest BCUT2D eigenvalue weighted by molar-refractivity contribution is 5.24. The van der Waals surface area contributed by atoms with Crippen LogP contribution in [-0.4, -0.2) is 16.5 Å². The summed E-state index contributed by atoms with van der Waals surface area (Å²) in [5.74, 6) is 0.729. The van der Waals surface area contributed by atoms with Crippen LogP contribution in [0.25, 0.3) is 0 Å².